The second kappa shape index (κ2) is 10.1. The lowest BCUT2D eigenvalue weighted by Crippen LogP contribution is -2.10. The smallest absolute Gasteiger partial charge is 0.248 e. The van der Waals surface area contributed by atoms with Gasteiger partial charge in [0, 0.05) is 33.5 Å². The van der Waals surface area contributed by atoms with E-state index in [9.17, 15) is 4.79 Å². The van der Waals surface area contributed by atoms with Crippen molar-refractivity contribution in [2.45, 2.75) is 10.9 Å². The van der Waals surface area contributed by atoms with Gasteiger partial charge in [-0.15, -0.1) is 21.5 Å². The van der Waals surface area contributed by atoms with Crippen LogP contribution in [-0.2, 0) is 5.75 Å². The van der Waals surface area contributed by atoms with E-state index in [1.807, 2.05) is 72.1 Å². The van der Waals surface area contributed by atoms with Gasteiger partial charge < -0.3 is 10.5 Å². The number of para-hydroxylation sites is 1. The molecule has 0 bridgehead atoms. The van der Waals surface area contributed by atoms with Crippen molar-refractivity contribution in [1.29, 1.82) is 0 Å². The number of benzene rings is 3. The molecular weight excluding hydrogens is 478 g/mol. The molecule has 174 valence electrons. The number of aromatic nitrogens is 4. The number of ether oxygens (including phenoxy) is 1. The number of nitrogens with zero attached hydrogens (tertiary/aromatic N) is 4. The molecule has 0 aliphatic carbocycles. The van der Waals surface area contributed by atoms with E-state index in [-0.39, 0.29) is 0 Å². The molecule has 9 heteroatoms. The minimum absolute atomic E-state index is 0.441. The lowest BCUT2D eigenvalue weighted by molar-refractivity contribution is 0.100. The zero-order chi connectivity index (χ0) is 24.2. The van der Waals surface area contributed by atoms with Crippen LogP contribution in [0.5, 0.6) is 5.75 Å². The van der Waals surface area contributed by atoms with Gasteiger partial charge >= 0.3 is 0 Å². The maximum Gasteiger partial charge on any atom is 0.248 e. The van der Waals surface area contributed by atoms with E-state index < -0.39 is 5.91 Å². The highest BCUT2D eigenvalue weighted by Crippen LogP contribution is 2.32. The van der Waals surface area contributed by atoms with Crippen molar-refractivity contribution in [2.75, 3.05) is 7.11 Å². The molecule has 0 atom stereocenters. The number of thiazole rings is 1. The summed E-state index contributed by atoms with van der Waals surface area (Å²) in [5, 5.41) is 12.7. The number of hydrogen-bond acceptors (Lipinski definition) is 7. The second-order valence-corrected chi connectivity index (χ2v) is 9.38. The maximum atomic E-state index is 11.3. The van der Waals surface area contributed by atoms with Crippen molar-refractivity contribution in [3.05, 3.63) is 95.5 Å². The first-order valence-corrected chi connectivity index (χ1v) is 12.6. The van der Waals surface area contributed by atoms with Gasteiger partial charge in [0.05, 0.1) is 12.8 Å². The molecular formula is C26H21N5O2S2. The van der Waals surface area contributed by atoms with Crippen molar-refractivity contribution in [2.24, 2.45) is 5.73 Å². The van der Waals surface area contributed by atoms with Gasteiger partial charge in [-0.25, -0.2) is 4.98 Å². The van der Waals surface area contributed by atoms with Gasteiger partial charge in [-0.2, -0.15) is 0 Å². The Balaban J connectivity index is 1.41. The SMILES string of the molecule is COc1cccc(-c2nnc(SCc3csc(-c4ccc(C(N)=O)cc4)n3)n2-c2ccccc2)c1. The molecule has 1 amide bonds. The van der Waals surface area contributed by atoms with E-state index in [2.05, 4.69) is 14.8 Å². The predicted molar refractivity (Wildman–Crippen MR) is 139 cm³/mol. The lowest BCUT2D eigenvalue weighted by Gasteiger charge is -2.10. The lowest BCUT2D eigenvalue weighted by atomic mass is 10.1. The Morgan fingerprint density at radius 1 is 1.00 bits per heavy atom. The molecule has 0 saturated heterocycles. The van der Waals surface area contributed by atoms with Gasteiger partial charge in [0.25, 0.3) is 0 Å². The molecule has 2 aromatic heterocycles. The van der Waals surface area contributed by atoms with E-state index >= 15 is 0 Å². The van der Waals surface area contributed by atoms with Crippen LogP contribution in [0.15, 0.2) is 89.4 Å². The fourth-order valence-corrected chi connectivity index (χ4v) is 5.32. The standard InChI is InChI=1S/C26H21N5O2S2/c1-33-22-9-5-6-19(14-22)24-29-30-26(31(24)21-7-3-2-4-8-21)35-16-20-15-34-25(28-20)18-12-10-17(11-13-18)23(27)32/h2-15H,16H2,1H3,(H2,27,32). The number of amides is 1. The summed E-state index contributed by atoms with van der Waals surface area (Å²) in [6.45, 7) is 0. The molecule has 0 saturated carbocycles. The normalized spacial score (nSPS) is 10.9. The van der Waals surface area contributed by atoms with Gasteiger partial charge in [0.15, 0.2) is 11.0 Å². The van der Waals surface area contributed by atoms with E-state index in [1.54, 1.807) is 42.3 Å². The second-order valence-electron chi connectivity index (χ2n) is 7.58. The van der Waals surface area contributed by atoms with Gasteiger partial charge in [-0.05, 0) is 36.4 Å². The van der Waals surface area contributed by atoms with E-state index in [0.29, 0.717) is 11.3 Å². The zero-order valence-corrected chi connectivity index (χ0v) is 20.4. The molecule has 3 aromatic carbocycles. The Labute approximate surface area is 210 Å². The van der Waals surface area contributed by atoms with Crippen molar-refractivity contribution < 1.29 is 9.53 Å². The number of thioether (sulfide) groups is 1. The van der Waals surface area contributed by atoms with Crippen molar-refractivity contribution in [1.82, 2.24) is 19.7 Å². The molecule has 5 rings (SSSR count). The van der Waals surface area contributed by atoms with Crippen molar-refractivity contribution in [3.63, 3.8) is 0 Å². The fraction of sp³-hybridized carbons (Fsp3) is 0.0769. The Morgan fingerprint density at radius 3 is 2.54 bits per heavy atom. The minimum atomic E-state index is -0.441. The largest absolute Gasteiger partial charge is 0.497 e. The van der Waals surface area contributed by atoms with E-state index in [0.717, 1.165) is 44.2 Å². The maximum absolute atomic E-state index is 11.3. The third kappa shape index (κ3) is 4.96. The monoisotopic (exact) mass is 499 g/mol. The number of nitrogens with two attached hydrogens (primary N) is 1. The van der Waals surface area contributed by atoms with Crippen LogP contribution in [0.2, 0.25) is 0 Å². The summed E-state index contributed by atoms with van der Waals surface area (Å²) in [5.41, 5.74) is 9.60. The highest BCUT2D eigenvalue weighted by molar-refractivity contribution is 7.98. The summed E-state index contributed by atoms with van der Waals surface area (Å²) in [7, 11) is 1.65. The molecule has 7 nitrogen and oxygen atoms in total. The quantitative estimate of drug-likeness (QED) is 0.285. The summed E-state index contributed by atoms with van der Waals surface area (Å²) >= 11 is 3.14. The van der Waals surface area contributed by atoms with E-state index in [1.165, 1.54) is 0 Å². The number of carbonyl (C=O) groups is 1. The Kier molecular flexibility index (Phi) is 6.60. The predicted octanol–water partition coefficient (Wildman–Crippen LogP) is 5.46. The molecule has 35 heavy (non-hydrogen) atoms. The molecule has 5 aromatic rings. The van der Waals surface area contributed by atoms with Crippen LogP contribution in [-0.4, -0.2) is 32.8 Å². The molecule has 0 aliphatic rings. The molecule has 0 unspecified atom stereocenters. The topological polar surface area (TPSA) is 95.9 Å². The number of primary amides is 1. The van der Waals surface area contributed by atoms with Crippen molar-refractivity contribution >= 4 is 29.0 Å². The van der Waals surface area contributed by atoms with Crippen LogP contribution >= 0.6 is 23.1 Å². The number of methoxy groups -OCH3 is 1. The molecule has 0 radical (unpaired) electrons. The Morgan fingerprint density at radius 2 is 1.80 bits per heavy atom. The van der Waals surface area contributed by atoms with Gasteiger partial charge in [0.1, 0.15) is 10.8 Å². The van der Waals surface area contributed by atoms with Crippen LogP contribution < -0.4 is 10.5 Å². The highest BCUT2D eigenvalue weighted by atomic mass is 32.2. The molecule has 0 spiro atoms. The van der Waals surface area contributed by atoms with E-state index in [4.69, 9.17) is 15.5 Å². The number of rotatable bonds is 8. The third-order valence-electron chi connectivity index (χ3n) is 5.29. The number of carbonyl (C=O) groups excluding carboxylic acids is 1. The minimum Gasteiger partial charge on any atom is -0.497 e. The zero-order valence-electron chi connectivity index (χ0n) is 18.8. The summed E-state index contributed by atoms with van der Waals surface area (Å²) in [5.74, 6) is 1.70. The summed E-state index contributed by atoms with van der Waals surface area (Å²) in [6, 6.07) is 25.0. The fourth-order valence-electron chi connectivity index (χ4n) is 3.54. The highest BCUT2D eigenvalue weighted by Gasteiger charge is 2.17. The first-order chi connectivity index (χ1) is 17.1. The first kappa shape index (κ1) is 22.8. The van der Waals surface area contributed by atoms with Crippen LogP contribution in [0.3, 0.4) is 0 Å². The molecule has 0 aliphatic heterocycles. The van der Waals surface area contributed by atoms with Gasteiger partial charge in [0.2, 0.25) is 5.91 Å². The Hall–Kier alpha value is -3.95. The summed E-state index contributed by atoms with van der Waals surface area (Å²) in [6.07, 6.45) is 0. The van der Waals surface area contributed by atoms with Crippen LogP contribution in [0, 0.1) is 0 Å². The van der Waals surface area contributed by atoms with Crippen molar-refractivity contribution in [3.8, 4) is 33.4 Å². The average molecular weight is 500 g/mol. The number of hydrogen-bond donors (Lipinski definition) is 1. The molecule has 2 N–H and O–H groups in total. The molecule has 0 fully saturated rings. The first-order valence-electron chi connectivity index (χ1n) is 10.7. The van der Waals surface area contributed by atoms with Crippen LogP contribution in [0.4, 0.5) is 0 Å². The van der Waals surface area contributed by atoms with Crippen LogP contribution in [0.25, 0.3) is 27.6 Å². The summed E-state index contributed by atoms with van der Waals surface area (Å²) < 4.78 is 7.45. The average Bonchev–Trinajstić information content (AvgIpc) is 3.55. The third-order valence-corrected chi connectivity index (χ3v) is 7.20. The Bertz CT molecular complexity index is 1460. The summed E-state index contributed by atoms with van der Waals surface area (Å²) in [4.78, 5) is 16.1. The molecule has 2 heterocycles. The van der Waals surface area contributed by atoms with Gasteiger partial charge in [-0.3, -0.25) is 9.36 Å². The van der Waals surface area contributed by atoms with Gasteiger partial charge in [-0.1, -0.05) is 54.2 Å². The van der Waals surface area contributed by atoms with Crippen LogP contribution in [0.1, 0.15) is 16.1 Å².